The van der Waals surface area contributed by atoms with E-state index in [0.29, 0.717) is 15.0 Å². The quantitative estimate of drug-likeness (QED) is 0.625. The van der Waals surface area contributed by atoms with Crippen molar-refractivity contribution >= 4 is 46.5 Å². The Morgan fingerprint density at radius 1 is 1.38 bits per heavy atom. The fourth-order valence-corrected chi connectivity index (χ4v) is 1.35. The summed E-state index contributed by atoms with van der Waals surface area (Å²) in [6.45, 7) is 0. The molecule has 0 atom stereocenters. The average molecular weight is 232 g/mol. The lowest BCUT2D eigenvalue weighted by molar-refractivity contribution is 1.65. The lowest BCUT2D eigenvalue weighted by atomic mass is 10.2. The summed E-state index contributed by atoms with van der Waals surface area (Å²) >= 11 is 16.3. The molecule has 1 nitrogen and oxygen atoms in total. The fourth-order valence-electron chi connectivity index (χ4n) is 0.809. The number of halogens is 2. The van der Waals surface area contributed by atoms with Crippen LogP contribution in [0.25, 0.3) is 6.08 Å². The SMILES string of the molecule is NC(=S)/C=C/c1ccc(Cl)cc1Cl. The van der Waals surface area contributed by atoms with Crippen molar-refractivity contribution in [3.8, 4) is 0 Å². The van der Waals surface area contributed by atoms with Crippen LogP contribution in [0.1, 0.15) is 5.56 Å². The van der Waals surface area contributed by atoms with Crippen molar-refractivity contribution < 1.29 is 0 Å². The molecule has 1 aromatic rings. The third-order valence-corrected chi connectivity index (χ3v) is 2.09. The van der Waals surface area contributed by atoms with E-state index in [1.165, 1.54) is 0 Å². The number of hydrogen-bond donors (Lipinski definition) is 1. The third kappa shape index (κ3) is 3.35. The van der Waals surface area contributed by atoms with E-state index >= 15 is 0 Å². The van der Waals surface area contributed by atoms with Crippen molar-refractivity contribution in [3.63, 3.8) is 0 Å². The fraction of sp³-hybridized carbons (Fsp3) is 0. The van der Waals surface area contributed by atoms with Crippen molar-refractivity contribution in [2.45, 2.75) is 0 Å². The molecule has 0 radical (unpaired) electrons. The second kappa shape index (κ2) is 4.61. The Bertz CT molecular complexity index is 361. The van der Waals surface area contributed by atoms with Gasteiger partial charge < -0.3 is 5.73 Å². The third-order valence-electron chi connectivity index (χ3n) is 1.39. The van der Waals surface area contributed by atoms with Gasteiger partial charge in [-0.2, -0.15) is 0 Å². The molecule has 13 heavy (non-hydrogen) atoms. The van der Waals surface area contributed by atoms with Crippen LogP contribution in [0, 0.1) is 0 Å². The summed E-state index contributed by atoms with van der Waals surface area (Å²) in [7, 11) is 0. The summed E-state index contributed by atoms with van der Waals surface area (Å²) < 4.78 is 0. The Balaban J connectivity index is 2.96. The van der Waals surface area contributed by atoms with Crippen LogP contribution in [0.3, 0.4) is 0 Å². The van der Waals surface area contributed by atoms with Crippen LogP contribution in [-0.4, -0.2) is 4.99 Å². The van der Waals surface area contributed by atoms with E-state index < -0.39 is 0 Å². The van der Waals surface area contributed by atoms with Gasteiger partial charge in [0.1, 0.15) is 0 Å². The molecule has 4 heteroatoms. The molecule has 2 N–H and O–H groups in total. The highest BCUT2D eigenvalue weighted by Crippen LogP contribution is 2.21. The van der Waals surface area contributed by atoms with E-state index in [4.69, 9.17) is 28.9 Å². The molecule has 1 rings (SSSR count). The summed E-state index contributed by atoms with van der Waals surface area (Å²) in [5.41, 5.74) is 6.14. The van der Waals surface area contributed by atoms with Crippen molar-refractivity contribution in [2.75, 3.05) is 0 Å². The monoisotopic (exact) mass is 231 g/mol. The second-order valence-corrected chi connectivity index (χ2v) is 3.72. The number of rotatable bonds is 2. The first-order valence-electron chi connectivity index (χ1n) is 3.52. The normalized spacial score (nSPS) is 10.6. The molecule has 1 aromatic carbocycles. The van der Waals surface area contributed by atoms with Gasteiger partial charge in [-0.3, -0.25) is 0 Å². The molecule has 0 unspecified atom stereocenters. The van der Waals surface area contributed by atoms with Gasteiger partial charge >= 0.3 is 0 Å². The highest BCUT2D eigenvalue weighted by Gasteiger charge is 1.96. The summed E-state index contributed by atoms with van der Waals surface area (Å²) in [6.07, 6.45) is 3.37. The predicted octanol–water partition coefficient (Wildman–Crippen LogP) is 3.29. The zero-order valence-corrected chi connectivity index (χ0v) is 8.96. The van der Waals surface area contributed by atoms with Crippen LogP contribution in [0.15, 0.2) is 24.3 Å². The first-order chi connectivity index (χ1) is 6.09. The summed E-state index contributed by atoms with van der Waals surface area (Å²) in [6, 6.07) is 5.23. The van der Waals surface area contributed by atoms with E-state index in [2.05, 4.69) is 12.2 Å². The molecule has 0 heterocycles. The van der Waals surface area contributed by atoms with Gasteiger partial charge in [-0.15, -0.1) is 0 Å². The van der Waals surface area contributed by atoms with Gasteiger partial charge in [0.2, 0.25) is 0 Å². The van der Waals surface area contributed by atoms with Crippen LogP contribution in [0.5, 0.6) is 0 Å². The Morgan fingerprint density at radius 2 is 2.08 bits per heavy atom. The molecule has 0 aliphatic rings. The Kier molecular flexibility index (Phi) is 3.72. The molecule has 0 amide bonds. The topological polar surface area (TPSA) is 26.0 Å². The number of nitrogens with two attached hydrogens (primary N) is 1. The number of benzene rings is 1. The van der Waals surface area contributed by atoms with Gasteiger partial charge in [-0.05, 0) is 23.8 Å². The molecule has 0 saturated carbocycles. The van der Waals surface area contributed by atoms with Crippen LogP contribution in [0.4, 0.5) is 0 Å². The van der Waals surface area contributed by atoms with Gasteiger partial charge in [0.25, 0.3) is 0 Å². The van der Waals surface area contributed by atoms with Crippen molar-refractivity contribution in [1.29, 1.82) is 0 Å². The summed E-state index contributed by atoms with van der Waals surface area (Å²) in [4.78, 5) is 0.325. The van der Waals surface area contributed by atoms with Crippen LogP contribution in [-0.2, 0) is 0 Å². The first-order valence-corrected chi connectivity index (χ1v) is 4.68. The minimum absolute atomic E-state index is 0.325. The van der Waals surface area contributed by atoms with E-state index in [-0.39, 0.29) is 0 Å². The van der Waals surface area contributed by atoms with Crippen LogP contribution < -0.4 is 5.73 Å². The molecule has 0 aliphatic carbocycles. The first kappa shape index (κ1) is 10.5. The summed E-state index contributed by atoms with van der Waals surface area (Å²) in [5.74, 6) is 0. The zero-order valence-electron chi connectivity index (χ0n) is 6.63. The maximum absolute atomic E-state index is 5.89. The molecule has 68 valence electrons. The smallest absolute Gasteiger partial charge is 0.0962 e. The second-order valence-electron chi connectivity index (χ2n) is 2.40. The molecule has 0 aliphatic heterocycles. The molecule has 0 fully saturated rings. The minimum atomic E-state index is 0.325. The number of thiocarbonyl (C=S) groups is 1. The van der Waals surface area contributed by atoms with Gasteiger partial charge in [0.05, 0.1) is 4.99 Å². The van der Waals surface area contributed by atoms with Crippen LogP contribution in [0.2, 0.25) is 10.0 Å². The maximum Gasteiger partial charge on any atom is 0.0962 e. The Morgan fingerprint density at radius 3 is 2.62 bits per heavy atom. The van der Waals surface area contributed by atoms with Gasteiger partial charge in [0, 0.05) is 10.0 Å². The maximum atomic E-state index is 5.89. The number of hydrogen-bond acceptors (Lipinski definition) is 1. The molecule has 0 bridgehead atoms. The van der Waals surface area contributed by atoms with Crippen molar-refractivity contribution in [2.24, 2.45) is 5.73 Å². The largest absolute Gasteiger partial charge is 0.390 e. The lowest BCUT2D eigenvalue weighted by Crippen LogP contribution is -2.01. The summed E-state index contributed by atoms with van der Waals surface area (Å²) in [5, 5.41) is 1.19. The Hall–Kier alpha value is -0.570. The molecule has 0 saturated heterocycles. The standard InChI is InChI=1S/C9H7Cl2NS/c10-7-3-1-6(8(11)5-7)2-4-9(12)13/h1-5H,(H2,12,13)/b4-2+. The van der Waals surface area contributed by atoms with E-state index in [1.807, 2.05) is 0 Å². The zero-order chi connectivity index (χ0) is 9.84. The van der Waals surface area contributed by atoms with E-state index in [9.17, 15) is 0 Å². The van der Waals surface area contributed by atoms with Crippen LogP contribution >= 0.6 is 35.4 Å². The van der Waals surface area contributed by atoms with Crippen molar-refractivity contribution in [1.82, 2.24) is 0 Å². The van der Waals surface area contributed by atoms with Gasteiger partial charge in [-0.1, -0.05) is 47.6 Å². The molecule has 0 spiro atoms. The average Bonchev–Trinajstić information content (AvgIpc) is 2.02. The molecule has 0 aromatic heterocycles. The Labute approximate surface area is 92.1 Å². The van der Waals surface area contributed by atoms with E-state index in [0.717, 1.165) is 5.56 Å². The van der Waals surface area contributed by atoms with Crippen molar-refractivity contribution in [3.05, 3.63) is 39.9 Å². The molecular weight excluding hydrogens is 225 g/mol. The van der Waals surface area contributed by atoms with E-state index in [1.54, 1.807) is 30.4 Å². The lowest BCUT2D eigenvalue weighted by Gasteiger charge is -1.97. The molecular formula is C9H7Cl2NS. The highest BCUT2D eigenvalue weighted by atomic mass is 35.5. The van der Waals surface area contributed by atoms with Gasteiger partial charge in [0.15, 0.2) is 0 Å². The van der Waals surface area contributed by atoms with Gasteiger partial charge in [-0.25, -0.2) is 0 Å². The minimum Gasteiger partial charge on any atom is -0.390 e. The predicted molar refractivity (Wildman–Crippen MR) is 62.3 cm³/mol. The highest BCUT2D eigenvalue weighted by molar-refractivity contribution is 7.80.